The van der Waals surface area contributed by atoms with E-state index in [0.717, 1.165) is 11.3 Å². The zero-order valence-electron chi connectivity index (χ0n) is 14.7. The number of carbonyl (C=O) groups is 2. The van der Waals surface area contributed by atoms with Gasteiger partial charge >= 0.3 is 0 Å². The van der Waals surface area contributed by atoms with Crippen LogP contribution in [0.3, 0.4) is 0 Å². The van der Waals surface area contributed by atoms with Gasteiger partial charge in [-0.25, -0.2) is 0 Å². The fraction of sp³-hybridized carbons (Fsp3) is 0.150. The molecule has 138 valence electrons. The molecule has 27 heavy (non-hydrogen) atoms. The van der Waals surface area contributed by atoms with E-state index in [4.69, 9.17) is 12.2 Å². The number of aliphatic hydroxyl groups is 1. The van der Waals surface area contributed by atoms with Crippen LogP contribution in [0.5, 0.6) is 0 Å². The van der Waals surface area contributed by atoms with E-state index in [-0.39, 0.29) is 25.0 Å². The number of para-hydroxylation sites is 1. The van der Waals surface area contributed by atoms with Crippen molar-refractivity contribution in [2.75, 3.05) is 25.1 Å². The van der Waals surface area contributed by atoms with Gasteiger partial charge in [0.15, 0.2) is 0 Å². The quantitative estimate of drug-likeness (QED) is 0.619. The number of carbonyl (C=O) groups excluding carboxylic acids is 2. The Morgan fingerprint density at radius 1 is 1.19 bits per heavy atom. The van der Waals surface area contributed by atoms with Crippen LogP contribution in [-0.4, -0.2) is 46.3 Å². The predicted molar refractivity (Wildman–Crippen MR) is 113 cm³/mol. The molecule has 1 fully saturated rings. The molecule has 0 bridgehead atoms. The van der Waals surface area contributed by atoms with Crippen LogP contribution >= 0.6 is 24.0 Å². The fourth-order valence-corrected chi connectivity index (χ4v) is 3.81. The normalized spacial score (nSPS) is 15.5. The average Bonchev–Trinajstić information content (AvgIpc) is 2.93. The van der Waals surface area contributed by atoms with Crippen molar-refractivity contribution in [3.63, 3.8) is 0 Å². The third-order valence-electron chi connectivity index (χ3n) is 4.08. The third kappa shape index (κ3) is 4.27. The molecule has 0 saturated carbocycles. The zero-order valence-corrected chi connectivity index (χ0v) is 16.3. The maximum atomic E-state index is 12.8. The molecule has 0 aromatic heterocycles. The number of thioether (sulfide) groups is 1. The lowest BCUT2D eigenvalue weighted by Crippen LogP contribution is -2.33. The number of aliphatic hydroxyl groups excluding tert-OH is 1. The second-order valence-electron chi connectivity index (χ2n) is 5.88. The van der Waals surface area contributed by atoms with Gasteiger partial charge in [0, 0.05) is 24.8 Å². The lowest BCUT2D eigenvalue weighted by atomic mass is 10.1. The van der Waals surface area contributed by atoms with E-state index in [1.54, 1.807) is 37.4 Å². The molecule has 1 N–H and O–H groups in total. The van der Waals surface area contributed by atoms with Crippen molar-refractivity contribution >= 4 is 51.9 Å². The van der Waals surface area contributed by atoms with E-state index < -0.39 is 0 Å². The predicted octanol–water partition coefficient (Wildman–Crippen LogP) is 3.16. The van der Waals surface area contributed by atoms with E-state index in [2.05, 4.69) is 0 Å². The summed E-state index contributed by atoms with van der Waals surface area (Å²) >= 11 is 6.39. The summed E-state index contributed by atoms with van der Waals surface area (Å²) in [6, 6.07) is 16.2. The highest BCUT2D eigenvalue weighted by Crippen LogP contribution is 2.31. The highest BCUT2D eigenvalue weighted by atomic mass is 32.2. The van der Waals surface area contributed by atoms with Crippen LogP contribution in [0.2, 0.25) is 0 Å². The van der Waals surface area contributed by atoms with Crippen LogP contribution in [0.1, 0.15) is 15.9 Å². The monoisotopic (exact) mass is 398 g/mol. The average molecular weight is 399 g/mol. The molecule has 1 aliphatic heterocycles. The third-order valence-corrected chi connectivity index (χ3v) is 5.56. The summed E-state index contributed by atoms with van der Waals surface area (Å²) in [6.07, 6.45) is 1.76. The number of benzene rings is 2. The second kappa shape index (κ2) is 8.47. The molecule has 3 rings (SSSR count). The molecule has 5 nitrogen and oxygen atoms in total. The first-order valence-corrected chi connectivity index (χ1v) is 9.53. The number of amides is 2. The molecule has 0 spiro atoms. The minimum absolute atomic E-state index is 0.122. The van der Waals surface area contributed by atoms with Crippen LogP contribution < -0.4 is 4.90 Å². The SMILES string of the molecule is CN1C(=O)/C(=C/c2ccc(C(=O)N(CCO)c3ccccc3)cc2)SC1=S. The summed E-state index contributed by atoms with van der Waals surface area (Å²) < 4.78 is 0.528. The van der Waals surface area contributed by atoms with Crippen LogP contribution in [0.15, 0.2) is 59.5 Å². The standard InChI is InChI=1S/C20H18N2O3S2/c1-21-19(25)17(27-20(21)26)13-14-7-9-15(10-8-14)18(24)22(11-12-23)16-5-3-2-4-6-16/h2-10,13,23H,11-12H2,1H3/b17-13-. The highest BCUT2D eigenvalue weighted by molar-refractivity contribution is 8.26. The molecular formula is C20H18N2O3S2. The van der Waals surface area contributed by atoms with Crippen molar-refractivity contribution in [2.24, 2.45) is 0 Å². The van der Waals surface area contributed by atoms with Gasteiger partial charge in [-0.3, -0.25) is 14.5 Å². The van der Waals surface area contributed by atoms with Gasteiger partial charge in [0.1, 0.15) is 4.32 Å². The van der Waals surface area contributed by atoms with Crippen LogP contribution in [0.25, 0.3) is 6.08 Å². The number of nitrogens with zero attached hydrogens (tertiary/aromatic N) is 2. The molecule has 2 aromatic carbocycles. The Kier molecular flexibility index (Phi) is 6.05. The van der Waals surface area contributed by atoms with Gasteiger partial charge < -0.3 is 10.0 Å². The molecule has 2 aromatic rings. The minimum Gasteiger partial charge on any atom is -0.395 e. The van der Waals surface area contributed by atoms with Crippen molar-refractivity contribution in [1.82, 2.24) is 4.90 Å². The first-order chi connectivity index (χ1) is 13.0. The Labute approximate surface area is 167 Å². The molecule has 2 amide bonds. The molecule has 0 unspecified atom stereocenters. The van der Waals surface area contributed by atoms with Gasteiger partial charge in [0.25, 0.3) is 11.8 Å². The number of rotatable bonds is 5. The van der Waals surface area contributed by atoms with E-state index in [9.17, 15) is 14.7 Å². The van der Waals surface area contributed by atoms with Gasteiger partial charge in [-0.15, -0.1) is 0 Å². The first kappa shape index (κ1) is 19.3. The number of likely N-dealkylation sites (N-methyl/N-ethyl adjacent to an activating group) is 1. The molecule has 0 atom stereocenters. The largest absolute Gasteiger partial charge is 0.395 e. The van der Waals surface area contributed by atoms with Gasteiger partial charge in [0.2, 0.25) is 0 Å². The summed E-state index contributed by atoms with van der Waals surface area (Å²) in [5.41, 5.74) is 2.05. The van der Waals surface area contributed by atoms with Crippen molar-refractivity contribution < 1.29 is 14.7 Å². The van der Waals surface area contributed by atoms with Crippen molar-refractivity contribution in [2.45, 2.75) is 0 Å². The first-order valence-electron chi connectivity index (χ1n) is 8.30. The lowest BCUT2D eigenvalue weighted by molar-refractivity contribution is -0.121. The van der Waals surface area contributed by atoms with Crippen LogP contribution in [0.4, 0.5) is 5.69 Å². The van der Waals surface area contributed by atoms with Crippen molar-refractivity contribution in [1.29, 1.82) is 0 Å². The lowest BCUT2D eigenvalue weighted by Gasteiger charge is -2.22. The summed E-state index contributed by atoms with van der Waals surface area (Å²) in [5.74, 6) is -0.315. The van der Waals surface area contributed by atoms with Gasteiger partial charge in [0.05, 0.1) is 11.5 Å². The smallest absolute Gasteiger partial charge is 0.265 e. The van der Waals surface area contributed by atoms with Crippen molar-refractivity contribution in [3.05, 3.63) is 70.6 Å². The Bertz CT molecular complexity index is 895. The van der Waals surface area contributed by atoms with Gasteiger partial charge in [-0.05, 0) is 35.9 Å². The Hall–Kier alpha value is -2.48. The summed E-state index contributed by atoms with van der Waals surface area (Å²) in [7, 11) is 1.65. The molecule has 0 aliphatic carbocycles. The molecule has 1 saturated heterocycles. The summed E-state index contributed by atoms with van der Waals surface area (Å²) in [6.45, 7) is 0.0845. The van der Waals surface area contributed by atoms with E-state index in [0.29, 0.717) is 14.8 Å². The minimum atomic E-state index is -0.193. The summed E-state index contributed by atoms with van der Waals surface area (Å²) in [4.78, 5) is 28.5. The highest BCUT2D eigenvalue weighted by Gasteiger charge is 2.28. The Morgan fingerprint density at radius 3 is 2.41 bits per heavy atom. The number of hydrogen-bond donors (Lipinski definition) is 1. The van der Waals surface area contributed by atoms with Gasteiger partial charge in [-0.2, -0.15) is 0 Å². The second-order valence-corrected chi connectivity index (χ2v) is 7.55. The molecule has 0 radical (unpaired) electrons. The topological polar surface area (TPSA) is 60.9 Å². The van der Waals surface area contributed by atoms with Gasteiger partial charge in [-0.1, -0.05) is 54.3 Å². The molecule has 1 heterocycles. The van der Waals surface area contributed by atoms with E-state index in [1.807, 2.05) is 30.3 Å². The molecular weight excluding hydrogens is 380 g/mol. The summed E-state index contributed by atoms with van der Waals surface area (Å²) in [5, 5.41) is 9.31. The zero-order chi connectivity index (χ0) is 19.4. The maximum Gasteiger partial charge on any atom is 0.265 e. The van der Waals surface area contributed by atoms with Crippen LogP contribution in [-0.2, 0) is 4.79 Å². The van der Waals surface area contributed by atoms with E-state index in [1.165, 1.54) is 21.6 Å². The Balaban J connectivity index is 1.81. The maximum absolute atomic E-state index is 12.8. The molecule has 1 aliphatic rings. The fourth-order valence-electron chi connectivity index (χ4n) is 2.63. The Morgan fingerprint density at radius 2 is 1.85 bits per heavy atom. The number of thiocarbonyl (C=S) groups is 1. The van der Waals surface area contributed by atoms with Crippen LogP contribution in [0, 0.1) is 0 Å². The number of hydrogen-bond acceptors (Lipinski definition) is 5. The number of anilines is 1. The van der Waals surface area contributed by atoms with Crippen molar-refractivity contribution in [3.8, 4) is 0 Å². The van der Waals surface area contributed by atoms with E-state index >= 15 is 0 Å². The molecule has 7 heteroatoms.